The summed E-state index contributed by atoms with van der Waals surface area (Å²) in [4.78, 5) is 14.2. The van der Waals surface area contributed by atoms with E-state index < -0.39 is 5.41 Å². The molecule has 0 amide bonds. The van der Waals surface area contributed by atoms with Gasteiger partial charge >= 0.3 is 5.97 Å². The minimum absolute atomic E-state index is 0.0931. The normalized spacial score (nSPS) is 26.7. The molecule has 19 heavy (non-hydrogen) atoms. The molecule has 0 bridgehead atoms. The second-order valence-corrected chi connectivity index (χ2v) is 6.64. The third kappa shape index (κ3) is 2.45. The summed E-state index contributed by atoms with van der Waals surface area (Å²) in [7, 11) is 0. The van der Waals surface area contributed by atoms with E-state index in [1.807, 2.05) is 13.8 Å². The van der Waals surface area contributed by atoms with Gasteiger partial charge < -0.3 is 9.64 Å². The highest BCUT2D eigenvalue weighted by Gasteiger charge is 2.42. The maximum atomic E-state index is 12.0. The fourth-order valence-corrected chi connectivity index (χ4v) is 3.48. The number of nitrogens with zero attached hydrogens (tertiary/aromatic N) is 3. The Morgan fingerprint density at radius 2 is 2.32 bits per heavy atom. The van der Waals surface area contributed by atoms with Gasteiger partial charge in [0.05, 0.1) is 12.0 Å². The summed E-state index contributed by atoms with van der Waals surface area (Å²) in [5.41, 5.74) is -0.401. The predicted molar refractivity (Wildman–Crippen MR) is 73.5 cm³/mol. The summed E-state index contributed by atoms with van der Waals surface area (Å²) in [6.45, 7) is 5.81. The first kappa shape index (κ1) is 12.8. The van der Waals surface area contributed by atoms with Crippen LogP contribution in [0.15, 0.2) is 0 Å². The van der Waals surface area contributed by atoms with Crippen LogP contribution in [0.1, 0.15) is 44.0 Å². The molecule has 1 unspecified atom stereocenters. The molecule has 1 saturated heterocycles. The average molecular weight is 281 g/mol. The van der Waals surface area contributed by atoms with Crippen molar-refractivity contribution in [2.24, 2.45) is 5.41 Å². The third-order valence-corrected chi connectivity index (χ3v) is 5.02. The van der Waals surface area contributed by atoms with Crippen LogP contribution in [-0.4, -0.2) is 35.9 Å². The molecule has 2 aliphatic rings. The van der Waals surface area contributed by atoms with Gasteiger partial charge in [0.25, 0.3) is 0 Å². The second-order valence-electron chi connectivity index (χ2n) is 5.65. The Balaban J connectivity index is 1.68. The lowest BCUT2D eigenvalue weighted by Gasteiger charge is -2.21. The lowest BCUT2D eigenvalue weighted by Crippen LogP contribution is -2.33. The average Bonchev–Trinajstić information content (AvgIpc) is 2.98. The summed E-state index contributed by atoms with van der Waals surface area (Å²) in [5.74, 6) is 0.551. The van der Waals surface area contributed by atoms with Crippen molar-refractivity contribution in [3.8, 4) is 0 Å². The van der Waals surface area contributed by atoms with Crippen molar-refractivity contribution >= 4 is 22.4 Å². The summed E-state index contributed by atoms with van der Waals surface area (Å²) in [5, 5.41) is 10.6. The number of carbonyl (C=O) groups is 1. The minimum atomic E-state index is -0.401. The van der Waals surface area contributed by atoms with Crippen LogP contribution in [0.3, 0.4) is 0 Å². The first-order valence-electron chi connectivity index (χ1n) is 6.88. The lowest BCUT2D eigenvalue weighted by molar-refractivity contribution is -0.153. The van der Waals surface area contributed by atoms with E-state index in [2.05, 4.69) is 15.1 Å². The molecule has 1 aliphatic heterocycles. The van der Waals surface area contributed by atoms with Gasteiger partial charge in [-0.15, -0.1) is 10.2 Å². The van der Waals surface area contributed by atoms with E-state index >= 15 is 0 Å². The van der Waals surface area contributed by atoms with Gasteiger partial charge in [-0.3, -0.25) is 4.79 Å². The molecule has 3 rings (SSSR count). The van der Waals surface area contributed by atoms with E-state index in [1.165, 1.54) is 12.8 Å². The molecule has 1 aliphatic carbocycles. The molecular formula is C13H19N3O2S. The van der Waals surface area contributed by atoms with Crippen molar-refractivity contribution in [1.82, 2.24) is 10.2 Å². The summed E-state index contributed by atoms with van der Waals surface area (Å²) in [6, 6.07) is 0. The quantitative estimate of drug-likeness (QED) is 0.792. The smallest absolute Gasteiger partial charge is 0.313 e. The Bertz CT molecular complexity index is 486. The number of rotatable bonds is 4. The topological polar surface area (TPSA) is 55.3 Å². The van der Waals surface area contributed by atoms with Crippen LogP contribution in [0.5, 0.6) is 0 Å². The minimum Gasteiger partial charge on any atom is -0.466 e. The molecule has 5 nitrogen and oxygen atoms in total. The fourth-order valence-electron chi connectivity index (χ4n) is 2.45. The van der Waals surface area contributed by atoms with Gasteiger partial charge in [0.15, 0.2) is 0 Å². The first-order valence-corrected chi connectivity index (χ1v) is 7.69. The van der Waals surface area contributed by atoms with Crippen molar-refractivity contribution in [3.05, 3.63) is 5.01 Å². The summed E-state index contributed by atoms with van der Waals surface area (Å²) < 4.78 is 5.17. The SMILES string of the molecule is CCOC(=O)C1(C)CCN(c2nnc(C3CC3)s2)C1. The molecule has 1 saturated carbocycles. The number of hydrogen-bond acceptors (Lipinski definition) is 6. The maximum Gasteiger partial charge on any atom is 0.313 e. The van der Waals surface area contributed by atoms with E-state index in [0.717, 1.165) is 23.1 Å². The highest BCUT2D eigenvalue weighted by atomic mass is 32.1. The summed E-state index contributed by atoms with van der Waals surface area (Å²) >= 11 is 1.68. The number of esters is 1. The predicted octanol–water partition coefficient (Wildman–Crippen LogP) is 2.20. The van der Waals surface area contributed by atoms with Crippen molar-refractivity contribution in [3.63, 3.8) is 0 Å². The lowest BCUT2D eigenvalue weighted by atomic mass is 9.90. The van der Waals surface area contributed by atoms with Gasteiger partial charge in [0.1, 0.15) is 5.01 Å². The van der Waals surface area contributed by atoms with Gasteiger partial charge in [-0.05, 0) is 33.1 Å². The van der Waals surface area contributed by atoms with Crippen LogP contribution in [-0.2, 0) is 9.53 Å². The molecule has 6 heteroatoms. The monoisotopic (exact) mass is 281 g/mol. The third-order valence-electron chi connectivity index (χ3n) is 3.87. The Morgan fingerprint density at radius 1 is 1.53 bits per heavy atom. The Hall–Kier alpha value is -1.17. The van der Waals surface area contributed by atoms with Crippen LogP contribution in [0, 0.1) is 5.41 Å². The molecule has 0 N–H and O–H groups in total. The molecule has 1 aromatic heterocycles. The van der Waals surface area contributed by atoms with Crippen molar-refractivity contribution in [2.75, 3.05) is 24.6 Å². The highest BCUT2D eigenvalue weighted by Crippen LogP contribution is 2.43. The Morgan fingerprint density at radius 3 is 3.00 bits per heavy atom. The molecule has 2 fully saturated rings. The van der Waals surface area contributed by atoms with Gasteiger partial charge in [-0.2, -0.15) is 0 Å². The molecule has 2 heterocycles. The summed E-state index contributed by atoms with van der Waals surface area (Å²) in [6.07, 6.45) is 3.31. The molecule has 0 spiro atoms. The van der Waals surface area contributed by atoms with Crippen molar-refractivity contribution in [2.45, 2.75) is 39.0 Å². The molecule has 0 radical (unpaired) electrons. The van der Waals surface area contributed by atoms with Crippen LogP contribution in [0.25, 0.3) is 0 Å². The first-order chi connectivity index (χ1) is 9.12. The number of anilines is 1. The van der Waals surface area contributed by atoms with Crippen molar-refractivity contribution in [1.29, 1.82) is 0 Å². The Kier molecular flexibility index (Phi) is 3.20. The van der Waals surface area contributed by atoms with Crippen LogP contribution >= 0.6 is 11.3 Å². The molecular weight excluding hydrogens is 262 g/mol. The molecule has 0 aromatic carbocycles. The van der Waals surface area contributed by atoms with E-state index in [4.69, 9.17) is 4.74 Å². The Labute approximate surface area is 117 Å². The van der Waals surface area contributed by atoms with E-state index in [1.54, 1.807) is 11.3 Å². The standard InChI is InChI=1S/C13H19N3O2S/c1-3-18-11(17)13(2)6-7-16(8-13)12-15-14-10(19-12)9-4-5-9/h9H,3-8H2,1-2H3. The zero-order valence-electron chi connectivity index (χ0n) is 11.4. The zero-order valence-corrected chi connectivity index (χ0v) is 12.2. The fraction of sp³-hybridized carbons (Fsp3) is 0.769. The molecule has 1 atom stereocenters. The number of aromatic nitrogens is 2. The van der Waals surface area contributed by atoms with Gasteiger partial charge in [0.2, 0.25) is 5.13 Å². The highest BCUT2D eigenvalue weighted by molar-refractivity contribution is 7.15. The zero-order chi connectivity index (χ0) is 13.5. The number of carbonyl (C=O) groups excluding carboxylic acids is 1. The van der Waals surface area contributed by atoms with Crippen LogP contribution < -0.4 is 4.90 Å². The molecule has 1 aromatic rings. The van der Waals surface area contributed by atoms with E-state index in [-0.39, 0.29) is 5.97 Å². The molecule has 104 valence electrons. The van der Waals surface area contributed by atoms with Gasteiger partial charge in [0, 0.05) is 19.0 Å². The van der Waals surface area contributed by atoms with Gasteiger partial charge in [-0.1, -0.05) is 11.3 Å². The van der Waals surface area contributed by atoms with E-state index in [9.17, 15) is 4.79 Å². The number of ether oxygens (including phenoxy) is 1. The largest absolute Gasteiger partial charge is 0.466 e. The van der Waals surface area contributed by atoms with Crippen molar-refractivity contribution < 1.29 is 9.53 Å². The maximum absolute atomic E-state index is 12.0. The number of hydrogen-bond donors (Lipinski definition) is 0. The van der Waals surface area contributed by atoms with Gasteiger partial charge in [-0.25, -0.2) is 0 Å². The second kappa shape index (κ2) is 4.74. The van der Waals surface area contributed by atoms with E-state index in [0.29, 0.717) is 19.1 Å². The van der Waals surface area contributed by atoms with Crippen LogP contribution in [0.2, 0.25) is 0 Å². The van der Waals surface area contributed by atoms with Crippen LogP contribution in [0.4, 0.5) is 5.13 Å².